The minimum atomic E-state index is -0.168. The lowest BCUT2D eigenvalue weighted by molar-refractivity contribution is 0.210. The SMILES string of the molecule is Cc1cccc(OC(C)c2nc3ccccc3n2CCCOc2cccc3ccccc23)c1. The predicted molar refractivity (Wildman–Crippen MR) is 134 cm³/mol. The number of imidazole rings is 1. The van der Waals surface area contributed by atoms with Crippen molar-refractivity contribution < 1.29 is 9.47 Å². The number of para-hydroxylation sites is 2. The van der Waals surface area contributed by atoms with Gasteiger partial charge >= 0.3 is 0 Å². The van der Waals surface area contributed by atoms with Crippen LogP contribution in [0.15, 0.2) is 91.0 Å². The number of hydrogen-bond donors (Lipinski definition) is 0. The first-order valence-corrected chi connectivity index (χ1v) is 11.5. The van der Waals surface area contributed by atoms with Crippen LogP contribution in [-0.2, 0) is 6.54 Å². The van der Waals surface area contributed by atoms with E-state index in [2.05, 4.69) is 79.1 Å². The number of ether oxygens (including phenoxy) is 2. The highest BCUT2D eigenvalue weighted by Gasteiger charge is 2.18. The van der Waals surface area contributed by atoms with E-state index in [0.29, 0.717) is 6.61 Å². The molecule has 0 radical (unpaired) electrons. The molecule has 0 saturated carbocycles. The zero-order chi connectivity index (χ0) is 22.6. The fraction of sp³-hybridized carbons (Fsp3) is 0.207. The number of aryl methyl sites for hydroxylation is 2. The Hall–Kier alpha value is -3.79. The average Bonchev–Trinajstić information content (AvgIpc) is 3.21. The minimum Gasteiger partial charge on any atom is -0.493 e. The van der Waals surface area contributed by atoms with Crippen LogP contribution in [0.1, 0.15) is 30.8 Å². The normalized spacial score (nSPS) is 12.2. The van der Waals surface area contributed by atoms with Crippen molar-refractivity contribution >= 4 is 21.8 Å². The highest BCUT2D eigenvalue weighted by molar-refractivity contribution is 5.88. The molecule has 0 spiro atoms. The van der Waals surface area contributed by atoms with Crippen LogP contribution in [0.4, 0.5) is 0 Å². The smallest absolute Gasteiger partial charge is 0.153 e. The minimum absolute atomic E-state index is 0.168. The Kier molecular flexibility index (Phi) is 5.99. The number of benzene rings is 4. The molecule has 0 fully saturated rings. The predicted octanol–water partition coefficient (Wildman–Crippen LogP) is 7.11. The van der Waals surface area contributed by atoms with Gasteiger partial charge in [0, 0.05) is 11.9 Å². The van der Waals surface area contributed by atoms with Crippen molar-refractivity contribution in [1.82, 2.24) is 9.55 Å². The van der Waals surface area contributed by atoms with Crippen molar-refractivity contribution in [2.45, 2.75) is 32.9 Å². The van der Waals surface area contributed by atoms with Crippen LogP contribution in [0, 0.1) is 6.92 Å². The number of rotatable bonds is 8. The van der Waals surface area contributed by atoms with Gasteiger partial charge in [0.25, 0.3) is 0 Å². The van der Waals surface area contributed by atoms with Crippen molar-refractivity contribution in [3.05, 3.63) is 102 Å². The van der Waals surface area contributed by atoms with Crippen molar-refractivity contribution in [1.29, 1.82) is 0 Å². The Morgan fingerprint density at radius 1 is 0.879 bits per heavy atom. The highest BCUT2D eigenvalue weighted by atomic mass is 16.5. The van der Waals surface area contributed by atoms with Gasteiger partial charge in [-0.2, -0.15) is 0 Å². The second-order valence-corrected chi connectivity index (χ2v) is 8.37. The zero-order valence-corrected chi connectivity index (χ0v) is 19.1. The average molecular weight is 437 g/mol. The van der Waals surface area contributed by atoms with E-state index in [1.807, 2.05) is 30.3 Å². The lowest BCUT2D eigenvalue weighted by atomic mass is 10.1. The quantitative estimate of drug-likeness (QED) is 0.243. The van der Waals surface area contributed by atoms with Gasteiger partial charge in [0.1, 0.15) is 11.5 Å². The lowest BCUT2D eigenvalue weighted by Crippen LogP contribution is -2.13. The molecule has 0 N–H and O–H groups in total. The summed E-state index contributed by atoms with van der Waals surface area (Å²) in [7, 11) is 0. The third-order valence-electron chi connectivity index (χ3n) is 5.88. The van der Waals surface area contributed by atoms with Crippen LogP contribution in [0.3, 0.4) is 0 Å². The van der Waals surface area contributed by atoms with E-state index in [4.69, 9.17) is 14.5 Å². The number of hydrogen-bond acceptors (Lipinski definition) is 3. The summed E-state index contributed by atoms with van der Waals surface area (Å²) in [6.45, 7) is 5.57. The van der Waals surface area contributed by atoms with E-state index >= 15 is 0 Å². The third kappa shape index (κ3) is 4.56. The molecule has 4 aromatic carbocycles. The maximum absolute atomic E-state index is 6.26. The molecule has 0 saturated heterocycles. The maximum atomic E-state index is 6.26. The van der Waals surface area contributed by atoms with Gasteiger partial charge in [-0.1, -0.05) is 60.7 Å². The fourth-order valence-electron chi connectivity index (χ4n) is 4.31. The maximum Gasteiger partial charge on any atom is 0.153 e. The molecule has 4 nitrogen and oxygen atoms in total. The molecule has 5 aromatic rings. The Bertz CT molecular complexity index is 1380. The summed E-state index contributed by atoms with van der Waals surface area (Å²) < 4.78 is 14.7. The molecular weight excluding hydrogens is 408 g/mol. The molecule has 0 amide bonds. The van der Waals surface area contributed by atoms with E-state index < -0.39 is 0 Å². The molecule has 0 aliphatic heterocycles. The monoisotopic (exact) mass is 436 g/mol. The Balaban J connectivity index is 1.33. The number of fused-ring (bicyclic) bond motifs is 2. The molecule has 1 aromatic heterocycles. The Morgan fingerprint density at radius 2 is 1.67 bits per heavy atom. The fourth-order valence-corrected chi connectivity index (χ4v) is 4.31. The molecule has 1 atom stereocenters. The summed E-state index contributed by atoms with van der Waals surface area (Å²) in [6.07, 6.45) is 0.700. The van der Waals surface area contributed by atoms with Crippen LogP contribution in [0.5, 0.6) is 11.5 Å². The van der Waals surface area contributed by atoms with E-state index in [1.54, 1.807) is 0 Å². The number of aromatic nitrogens is 2. The van der Waals surface area contributed by atoms with Gasteiger partial charge < -0.3 is 14.0 Å². The summed E-state index contributed by atoms with van der Waals surface area (Å²) in [5.41, 5.74) is 3.29. The topological polar surface area (TPSA) is 36.3 Å². The van der Waals surface area contributed by atoms with Crippen molar-refractivity contribution in [2.24, 2.45) is 0 Å². The summed E-state index contributed by atoms with van der Waals surface area (Å²) in [4.78, 5) is 4.91. The van der Waals surface area contributed by atoms with Crippen molar-refractivity contribution in [2.75, 3.05) is 6.61 Å². The number of nitrogens with zero attached hydrogens (tertiary/aromatic N) is 2. The van der Waals surface area contributed by atoms with Gasteiger partial charge in [-0.05, 0) is 61.5 Å². The summed E-state index contributed by atoms with van der Waals surface area (Å²) in [5, 5.41) is 2.34. The summed E-state index contributed by atoms with van der Waals surface area (Å²) in [5.74, 6) is 2.73. The van der Waals surface area contributed by atoms with Gasteiger partial charge in [0.05, 0.1) is 17.6 Å². The first-order chi connectivity index (χ1) is 16.2. The molecule has 0 aliphatic rings. The Morgan fingerprint density at radius 3 is 2.58 bits per heavy atom. The third-order valence-corrected chi connectivity index (χ3v) is 5.88. The van der Waals surface area contributed by atoms with E-state index in [0.717, 1.165) is 46.7 Å². The second-order valence-electron chi connectivity index (χ2n) is 8.37. The highest BCUT2D eigenvalue weighted by Crippen LogP contribution is 2.27. The van der Waals surface area contributed by atoms with Gasteiger partial charge in [0.2, 0.25) is 0 Å². The van der Waals surface area contributed by atoms with E-state index in [-0.39, 0.29) is 6.10 Å². The molecular formula is C29H28N2O2. The molecule has 0 bridgehead atoms. The first kappa shape index (κ1) is 21.1. The molecule has 0 aliphatic carbocycles. The molecule has 33 heavy (non-hydrogen) atoms. The lowest BCUT2D eigenvalue weighted by Gasteiger charge is -2.17. The van der Waals surface area contributed by atoms with E-state index in [9.17, 15) is 0 Å². The van der Waals surface area contributed by atoms with Crippen LogP contribution in [-0.4, -0.2) is 16.2 Å². The molecule has 166 valence electrons. The first-order valence-electron chi connectivity index (χ1n) is 11.5. The Labute approximate surface area is 194 Å². The second kappa shape index (κ2) is 9.37. The molecule has 1 unspecified atom stereocenters. The summed E-state index contributed by atoms with van der Waals surface area (Å²) >= 11 is 0. The van der Waals surface area contributed by atoms with E-state index in [1.165, 1.54) is 10.9 Å². The van der Waals surface area contributed by atoms with Crippen molar-refractivity contribution in [3.63, 3.8) is 0 Å². The molecule has 5 rings (SSSR count). The van der Waals surface area contributed by atoms with Crippen LogP contribution in [0.2, 0.25) is 0 Å². The molecule has 1 heterocycles. The van der Waals surface area contributed by atoms with Crippen molar-refractivity contribution in [3.8, 4) is 11.5 Å². The van der Waals surface area contributed by atoms with Crippen LogP contribution >= 0.6 is 0 Å². The van der Waals surface area contributed by atoms with Gasteiger partial charge in [-0.3, -0.25) is 0 Å². The van der Waals surface area contributed by atoms with Gasteiger partial charge in [0.15, 0.2) is 11.9 Å². The van der Waals surface area contributed by atoms with Gasteiger partial charge in [-0.25, -0.2) is 4.98 Å². The summed E-state index contributed by atoms with van der Waals surface area (Å²) in [6, 6.07) is 30.9. The standard InChI is InChI=1S/C29H28N2O2/c1-21-10-7-13-24(20-21)33-22(2)29-30-26-15-5-6-16-27(26)31(29)18-9-19-32-28-17-8-12-23-11-3-4-14-25(23)28/h3-8,10-17,20,22H,9,18-19H2,1-2H3. The van der Waals surface area contributed by atoms with Crippen LogP contribution < -0.4 is 9.47 Å². The van der Waals surface area contributed by atoms with Crippen LogP contribution in [0.25, 0.3) is 21.8 Å². The molecule has 4 heteroatoms. The van der Waals surface area contributed by atoms with Gasteiger partial charge in [-0.15, -0.1) is 0 Å². The largest absolute Gasteiger partial charge is 0.493 e. The zero-order valence-electron chi connectivity index (χ0n) is 19.1.